The summed E-state index contributed by atoms with van der Waals surface area (Å²) in [5, 5.41) is 212. The Kier molecular flexibility index (Phi) is 42.6. The van der Waals surface area contributed by atoms with Crippen molar-refractivity contribution in [3.63, 3.8) is 0 Å². The molecule has 0 amide bonds. The molecule has 0 aromatic carbocycles. The van der Waals surface area contributed by atoms with Crippen LogP contribution in [0.3, 0.4) is 0 Å². The van der Waals surface area contributed by atoms with E-state index in [0.29, 0.717) is 12.2 Å². The number of hydrogen-bond acceptors (Lipinski definition) is 30. The first-order valence-corrected chi connectivity index (χ1v) is 32.0. The summed E-state index contributed by atoms with van der Waals surface area (Å²) in [5.41, 5.74) is -3.95. The van der Waals surface area contributed by atoms with Crippen LogP contribution in [0.25, 0.3) is 0 Å². The van der Waals surface area contributed by atoms with Gasteiger partial charge in [-0.05, 0) is 37.2 Å². The third kappa shape index (κ3) is 33.1. The number of carboxylic acid groups (broad SMARTS) is 2. The zero-order chi connectivity index (χ0) is 79.3. The van der Waals surface area contributed by atoms with Crippen LogP contribution in [0.4, 0.5) is 0 Å². The smallest absolute Gasteiger partial charge is 0.335 e. The molecule has 24 unspecified atom stereocenters. The van der Waals surface area contributed by atoms with Crippen LogP contribution in [0.15, 0.2) is 11.8 Å². The van der Waals surface area contributed by atoms with Crippen LogP contribution < -0.4 is 0 Å². The van der Waals surface area contributed by atoms with Crippen LogP contribution in [0.1, 0.15) is 173 Å². The van der Waals surface area contributed by atoms with Crippen molar-refractivity contribution in [1.82, 2.24) is 0 Å². The van der Waals surface area contributed by atoms with Gasteiger partial charge in [-0.25, -0.2) is 9.59 Å². The molecule has 32 nitrogen and oxygen atoms in total. The summed E-state index contributed by atoms with van der Waals surface area (Å²) in [6.07, 6.45) is -28.4. The molecule has 0 bridgehead atoms. The van der Waals surface area contributed by atoms with Crippen molar-refractivity contribution in [2.75, 3.05) is 13.2 Å². The van der Waals surface area contributed by atoms with E-state index in [9.17, 15) is 100 Å². The highest BCUT2D eigenvalue weighted by Crippen LogP contribution is 2.36. The molecule has 0 aromatic rings. The van der Waals surface area contributed by atoms with Crippen LogP contribution in [0, 0.1) is 37.9 Å². The van der Waals surface area contributed by atoms with Gasteiger partial charge in [-0.1, -0.05) is 152 Å². The zero-order valence-electron chi connectivity index (χ0n) is 61.5. The molecule has 3 heterocycles. The van der Waals surface area contributed by atoms with E-state index in [2.05, 4.69) is 0 Å². The van der Waals surface area contributed by atoms with Gasteiger partial charge < -0.3 is 132 Å². The highest BCUT2D eigenvalue weighted by Gasteiger charge is 2.49. The molecule has 582 valence electrons. The second-order valence-electron chi connectivity index (χ2n) is 31.9. The van der Waals surface area contributed by atoms with Crippen LogP contribution in [0.2, 0.25) is 0 Å². The minimum atomic E-state index is -2.27. The molecule has 32 heteroatoms. The fraction of sp³-hybridized carbons (Fsp3) is 0.879. The number of Topliss-reactive ketones (excluding diaryl/α,β-unsaturated/α-hetero) is 4. The monoisotopic (exact) mass is 1430 g/mol. The Hall–Kier alpha value is -3.76. The topological polar surface area (TPSA) is 595 Å². The van der Waals surface area contributed by atoms with Crippen LogP contribution in [-0.4, -0.2) is 312 Å². The highest BCUT2D eigenvalue weighted by molar-refractivity contribution is 5.92. The van der Waals surface area contributed by atoms with E-state index in [1.807, 2.05) is 69.2 Å². The van der Waals surface area contributed by atoms with Gasteiger partial charge in [-0.2, -0.15) is 0 Å². The Morgan fingerprint density at radius 1 is 0.398 bits per heavy atom. The molecule has 0 saturated carbocycles. The lowest BCUT2D eigenvalue weighted by molar-refractivity contribution is -0.244. The number of rotatable bonds is 16. The number of carbonyl (C=O) groups excluding carboxylic acids is 4. The molecule has 3 rings (SSSR count). The molecule has 23 N–H and O–H groups in total. The molecule has 2 saturated heterocycles. The van der Waals surface area contributed by atoms with Crippen molar-refractivity contribution in [3.05, 3.63) is 11.8 Å². The maximum atomic E-state index is 11.6. The number of ketones is 4. The Morgan fingerprint density at radius 2 is 0.714 bits per heavy atom. The average molecular weight is 1430 g/mol. The van der Waals surface area contributed by atoms with Crippen molar-refractivity contribution >= 4 is 35.1 Å². The molecule has 3 aliphatic heterocycles. The number of hydrogen-bond donors (Lipinski definition) is 23. The number of carbonyl (C=O) groups is 6. The largest absolute Gasteiger partial charge is 0.492 e. The first-order valence-electron chi connectivity index (χ1n) is 32.0. The van der Waals surface area contributed by atoms with Gasteiger partial charge in [-0.15, -0.1) is 0 Å². The summed E-state index contributed by atoms with van der Waals surface area (Å²) in [6.45, 7) is 40.5. The summed E-state index contributed by atoms with van der Waals surface area (Å²) in [6, 6.07) is 0. The SMILES string of the molecule is CC(C)(C)C(=O)C(O)C(O)C(=O)O.CC(C)(C)C(=O)C(O)C(O)C(O)C(O)C(=O)O.CC(C)(C)C(=O)C(O)C(O)C(O)C(O)CO.CC(C)(C)C(=O)C(O)CO.CC1=CC(O)C(O)C(C(C)(C)C)O1.CC1OC(C(C)(C)C)C(O)C(O)C1O.CCC1OC(C(C)(C)C)C(O)C(O)C1O. The lowest BCUT2D eigenvalue weighted by Gasteiger charge is -2.45. The highest BCUT2D eigenvalue weighted by atomic mass is 16.5. The van der Waals surface area contributed by atoms with E-state index in [0.717, 1.165) is 0 Å². The lowest BCUT2D eigenvalue weighted by Crippen LogP contribution is -2.60. The maximum Gasteiger partial charge on any atom is 0.335 e. The minimum absolute atomic E-state index is 0.171. The Morgan fingerprint density at radius 3 is 1.01 bits per heavy atom. The van der Waals surface area contributed by atoms with Crippen LogP contribution >= 0.6 is 0 Å². The first-order chi connectivity index (χ1) is 43.5. The number of aliphatic hydroxyl groups excluding tert-OH is 21. The lowest BCUT2D eigenvalue weighted by atomic mass is 9.80. The van der Waals surface area contributed by atoms with Gasteiger partial charge in [0, 0.05) is 27.1 Å². The van der Waals surface area contributed by atoms with Gasteiger partial charge in [0.25, 0.3) is 0 Å². The second-order valence-corrected chi connectivity index (χ2v) is 31.9. The molecule has 3 aliphatic rings. The number of carboxylic acids is 2. The molecule has 0 spiro atoms. The normalized spacial score (nSPS) is 28.0. The molecule has 98 heavy (non-hydrogen) atoms. The maximum absolute atomic E-state index is 11.6. The van der Waals surface area contributed by atoms with E-state index in [1.165, 1.54) is 47.6 Å². The van der Waals surface area contributed by atoms with Gasteiger partial charge in [0.1, 0.15) is 110 Å². The first kappa shape index (κ1) is 101. The standard InChI is InChI=1S/C11H22O4.C10H18O7.C10H20O6.C10H20O4.C10H18O3.C8H14O5.C7H14O3/c1-5-6-7(12)8(13)9(14)10(15-6)11(2,3)4;1-10(2,3)8(15)6(13)4(11)5(12)7(14)9(16)17;1-10(2,3)9(16)8(15)7(14)6(13)5(12)4-11;1-5-6(11)7(12)8(13)9(14-5)10(2,3)4;1-6-5-7(11)8(12)9(13-6)10(2,3)4;1-8(2,3)6(11)4(9)5(10)7(12)13;1-7(2,3)6(10)5(9)4-8/h6-10,12-14H,5H2,1-4H3;4-7,11-14H,1-3H3,(H,16,17);5-8,11-15H,4H2,1-3H3;5-9,11-13H,1-4H3;5,7-9,11-12H,1-4H3;4-5,9-10H,1-3H3,(H,12,13);5,8-9H,4H2,1-3H3. The number of aliphatic hydroxyl groups is 21. The summed E-state index contributed by atoms with van der Waals surface area (Å²) in [4.78, 5) is 65.9. The third-order valence-electron chi connectivity index (χ3n) is 15.2. The average Bonchev–Trinajstić information content (AvgIpc) is 0.807. The second kappa shape index (κ2) is 41.5. The quantitative estimate of drug-likeness (QED) is 0.0723. The molecule has 24 atom stereocenters. The summed E-state index contributed by atoms with van der Waals surface area (Å²) in [5.74, 6) is -5.11. The molecular weight excluding hydrogens is 1300 g/mol. The van der Waals surface area contributed by atoms with Crippen LogP contribution in [0.5, 0.6) is 0 Å². The molecule has 0 aromatic heterocycles. The molecule has 2 fully saturated rings. The number of ether oxygens (including phenoxy) is 3. The Balaban J connectivity index is -0.000000528. The Bertz CT molecular complexity index is 2400. The van der Waals surface area contributed by atoms with Gasteiger partial charge in [0.05, 0.1) is 43.4 Å². The summed E-state index contributed by atoms with van der Waals surface area (Å²) >= 11 is 0. The van der Waals surface area contributed by atoms with E-state index in [4.69, 9.17) is 60.2 Å². The molecule has 0 radical (unpaired) electrons. The van der Waals surface area contributed by atoms with Crippen molar-refractivity contribution in [2.45, 2.75) is 319 Å². The van der Waals surface area contributed by atoms with Gasteiger partial charge in [0.2, 0.25) is 0 Å². The van der Waals surface area contributed by atoms with Crippen molar-refractivity contribution in [3.8, 4) is 0 Å². The van der Waals surface area contributed by atoms with E-state index in [1.54, 1.807) is 55.4 Å². The molecule has 0 aliphatic carbocycles. The number of allylic oxidation sites excluding steroid dienone is 1. The van der Waals surface area contributed by atoms with E-state index < -0.39 is 205 Å². The Labute approximate surface area is 575 Å². The van der Waals surface area contributed by atoms with E-state index in [-0.39, 0.29) is 28.1 Å². The minimum Gasteiger partial charge on any atom is -0.492 e. The van der Waals surface area contributed by atoms with Crippen LogP contribution in [-0.2, 0) is 43.0 Å². The summed E-state index contributed by atoms with van der Waals surface area (Å²) < 4.78 is 16.6. The van der Waals surface area contributed by atoms with E-state index >= 15 is 0 Å². The predicted octanol–water partition coefficient (Wildman–Crippen LogP) is -3.22. The van der Waals surface area contributed by atoms with Crippen molar-refractivity contribution < 1.29 is 160 Å². The summed E-state index contributed by atoms with van der Waals surface area (Å²) in [7, 11) is 0. The van der Waals surface area contributed by atoms with Gasteiger partial charge in [0.15, 0.2) is 35.3 Å². The van der Waals surface area contributed by atoms with Gasteiger partial charge in [-0.3, -0.25) is 19.2 Å². The predicted molar refractivity (Wildman–Crippen MR) is 352 cm³/mol. The zero-order valence-corrected chi connectivity index (χ0v) is 61.5. The number of aliphatic carboxylic acids is 2. The van der Waals surface area contributed by atoms with Crippen molar-refractivity contribution in [1.29, 1.82) is 0 Å². The third-order valence-corrected chi connectivity index (χ3v) is 15.2. The fourth-order valence-corrected chi connectivity index (χ4v) is 8.83. The molecular formula is C66H126O32. The fourth-order valence-electron chi connectivity index (χ4n) is 8.83. The van der Waals surface area contributed by atoms with Crippen molar-refractivity contribution in [2.24, 2.45) is 37.9 Å². The van der Waals surface area contributed by atoms with Gasteiger partial charge >= 0.3 is 11.9 Å².